The molecule has 1 aromatic carbocycles. The van der Waals surface area contributed by atoms with E-state index in [0.29, 0.717) is 30.6 Å². The normalized spacial score (nSPS) is 18.3. The van der Waals surface area contributed by atoms with Gasteiger partial charge in [0.25, 0.3) is 15.9 Å². The van der Waals surface area contributed by atoms with E-state index in [-0.39, 0.29) is 33.2 Å². The Kier molecular flexibility index (Phi) is 6.28. The van der Waals surface area contributed by atoms with Gasteiger partial charge in [0.05, 0.1) is 12.1 Å². The molecule has 1 heterocycles. The molecule has 3 rings (SSSR count). The number of hydrogen-bond acceptors (Lipinski definition) is 5. The maximum absolute atomic E-state index is 12.8. The van der Waals surface area contributed by atoms with Crippen molar-refractivity contribution < 1.29 is 22.8 Å². The number of rotatable bonds is 5. The highest BCUT2D eigenvalue weighted by Gasteiger charge is 2.32. The first kappa shape index (κ1) is 21.0. The summed E-state index contributed by atoms with van der Waals surface area (Å²) in [5.74, 6) is 0.0359. The lowest BCUT2D eigenvalue weighted by Gasteiger charge is -2.38. The van der Waals surface area contributed by atoms with E-state index in [4.69, 9.17) is 16.4 Å². The lowest BCUT2D eigenvalue weighted by atomic mass is 9.84. The maximum Gasteiger partial charge on any atom is 0.266 e. The third-order valence-corrected chi connectivity index (χ3v) is 7.55. The van der Waals surface area contributed by atoms with Gasteiger partial charge in [-0.1, -0.05) is 22.5 Å². The SMILES string of the molecule is CON(C)S(=O)(=O)c1cc(C(=O)N2CCN(C(=O)C3CCC3)CC2)ccc1Cl. The Morgan fingerprint density at radius 2 is 1.75 bits per heavy atom. The lowest BCUT2D eigenvalue weighted by Crippen LogP contribution is -2.52. The zero-order valence-corrected chi connectivity index (χ0v) is 17.5. The number of benzene rings is 1. The van der Waals surface area contributed by atoms with Crippen LogP contribution in [0.3, 0.4) is 0 Å². The summed E-state index contributed by atoms with van der Waals surface area (Å²) in [4.78, 5) is 33.2. The molecule has 154 valence electrons. The molecule has 1 aliphatic carbocycles. The molecule has 0 bridgehead atoms. The van der Waals surface area contributed by atoms with Crippen molar-refractivity contribution in [3.8, 4) is 0 Å². The first-order valence-corrected chi connectivity index (χ1v) is 11.0. The van der Waals surface area contributed by atoms with Crippen molar-refractivity contribution in [3.05, 3.63) is 28.8 Å². The van der Waals surface area contributed by atoms with Crippen molar-refractivity contribution in [1.82, 2.24) is 14.3 Å². The molecule has 0 radical (unpaired) electrons. The van der Waals surface area contributed by atoms with Crippen LogP contribution in [0.4, 0.5) is 0 Å². The number of hydrogen-bond donors (Lipinski definition) is 0. The molecule has 1 saturated heterocycles. The molecule has 1 aromatic rings. The molecule has 2 fully saturated rings. The molecule has 28 heavy (non-hydrogen) atoms. The lowest BCUT2D eigenvalue weighted by molar-refractivity contribution is -0.139. The molecule has 0 aromatic heterocycles. The highest BCUT2D eigenvalue weighted by Crippen LogP contribution is 2.29. The van der Waals surface area contributed by atoms with Crippen LogP contribution in [0.2, 0.25) is 5.02 Å². The van der Waals surface area contributed by atoms with Crippen LogP contribution >= 0.6 is 11.6 Å². The second kappa shape index (κ2) is 8.36. The van der Waals surface area contributed by atoms with E-state index in [2.05, 4.69) is 0 Å². The second-order valence-corrected chi connectivity index (χ2v) is 9.30. The van der Waals surface area contributed by atoms with E-state index in [1.54, 1.807) is 4.90 Å². The van der Waals surface area contributed by atoms with Crippen LogP contribution in [0.15, 0.2) is 23.1 Å². The van der Waals surface area contributed by atoms with Crippen LogP contribution in [-0.4, -0.2) is 74.8 Å². The zero-order chi connectivity index (χ0) is 20.5. The maximum atomic E-state index is 12.8. The number of amides is 2. The van der Waals surface area contributed by atoms with Crippen LogP contribution in [-0.2, 0) is 19.7 Å². The van der Waals surface area contributed by atoms with Gasteiger partial charge in [-0.25, -0.2) is 8.42 Å². The number of carbonyl (C=O) groups is 2. The zero-order valence-electron chi connectivity index (χ0n) is 15.9. The van der Waals surface area contributed by atoms with Gasteiger partial charge >= 0.3 is 0 Å². The topological polar surface area (TPSA) is 87.2 Å². The quantitative estimate of drug-likeness (QED) is 0.663. The van der Waals surface area contributed by atoms with Crippen molar-refractivity contribution in [2.75, 3.05) is 40.3 Å². The van der Waals surface area contributed by atoms with Gasteiger partial charge < -0.3 is 9.80 Å². The van der Waals surface area contributed by atoms with Crippen LogP contribution in [0.5, 0.6) is 0 Å². The summed E-state index contributed by atoms with van der Waals surface area (Å²) in [6.45, 7) is 1.82. The number of piperazine rings is 1. The predicted molar refractivity (Wildman–Crippen MR) is 103 cm³/mol. The Morgan fingerprint density at radius 3 is 2.29 bits per heavy atom. The smallest absolute Gasteiger partial charge is 0.266 e. The van der Waals surface area contributed by atoms with Crippen LogP contribution in [0, 0.1) is 5.92 Å². The monoisotopic (exact) mass is 429 g/mol. The number of halogens is 1. The van der Waals surface area contributed by atoms with Gasteiger partial charge in [0.15, 0.2) is 0 Å². The van der Waals surface area contributed by atoms with Gasteiger partial charge in [-0.15, -0.1) is 0 Å². The molecule has 0 atom stereocenters. The second-order valence-electron chi connectivity index (χ2n) is 6.99. The van der Waals surface area contributed by atoms with Crippen molar-refractivity contribution in [2.45, 2.75) is 24.2 Å². The Balaban J connectivity index is 1.71. The third kappa shape index (κ3) is 4.03. The molecule has 0 unspecified atom stereocenters. The van der Waals surface area contributed by atoms with Gasteiger partial charge in [-0.3, -0.25) is 14.4 Å². The minimum atomic E-state index is -3.98. The van der Waals surface area contributed by atoms with E-state index in [9.17, 15) is 18.0 Å². The first-order chi connectivity index (χ1) is 13.3. The first-order valence-electron chi connectivity index (χ1n) is 9.16. The van der Waals surface area contributed by atoms with E-state index in [1.165, 1.54) is 32.4 Å². The number of nitrogens with zero attached hydrogens (tertiary/aromatic N) is 3. The fourth-order valence-electron chi connectivity index (χ4n) is 3.30. The predicted octanol–water partition coefficient (Wildman–Crippen LogP) is 1.61. The Hall–Kier alpha value is -1.68. The summed E-state index contributed by atoms with van der Waals surface area (Å²) < 4.78 is 25.7. The Morgan fingerprint density at radius 1 is 1.14 bits per heavy atom. The van der Waals surface area contributed by atoms with Crippen molar-refractivity contribution in [1.29, 1.82) is 0 Å². The highest BCUT2D eigenvalue weighted by atomic mass is 35.5. The summed E-state index contributed by atoms with van der Waals surface area (Å²) >= 11 is 6.04. The van der Waals surface area contributed by atoms with Crippen molar-refractivity contribution >= 4 is 33.4 Å². The van der Waals surface area contributed by atoms with Crippen LogP contribution in [0.1, 0.15) is 29.6 Å². The van der Waals surface area contributed by atoms with Crippen molar-refractivity contribution in [2.24, 2.45) is 5.92 Å². The van der Waals surface area contributed by atoms with Crippen LogP contribution < -0.4 is 0 Å². The fraction of sp³-hybridized carbons (Fsp3) is 0.556. The van der Waals surface area contributed by atoms with Crippen LogP contribution in [0.25, 0.3) is 0 Å². The summed E-state index contributed by atoms with van der Waals surface area (Å²) in [6.07, 6.45) is 3.01. The minimum Gasteiger partial charge on any atom is -0.339 e. The van der Waals surface area contributed by atoms with Gasteiger partial charge in [0.2, 0.25) is 5.91 Å². The molecule has 0 spiro atoms. The Labute approximate surface area is 170 Å². The van der Waals surface area contributed by atoms with Crippen molar-refractivity contribution in [3.63, 3.8) is 0 Å². The molecule has 1 aliphatic heterocycles. The number of sulfonamides is 1. The minimum absolute atomic E-state index is 0.0105. The molecular formula is C18H24ClN3O5S. The molecular weight excluding hydrogens is 406 g/mol. The van der Waals surface area contributed by atoms with Gasteiger partial charge in [-0.05, 0) is 31.0 Å². The Bertz CT molecular complexity index is 864. The number of hydroxylamine groups is 1. The van der Waals surface area contributed by atoms with Gasteiger partial charge in [0, 0.05) is 44.7 Å². The molecule has 2 aliphatic rings. The molecule has 2 amide bonds. The fourth-order valence-corrected chi connectivity index (χ4v) is 4.77. The van der Waals surface area contributed by atoms with Gasteiger partial charge in [0.1, 0.15) is 4.90 Å². The standard InChI is InChI=1S/C18H24ClN3O5S/c1-20(27-2)28(25,26)16-12-14(6-7-15(16)19)18(24)22-10-8-21(9-11-22)17(23)13-4-3-5-13/h6-7,12-13H,3-5,8-11H2,1-2H3. The molecule has 10 heteroatoms. The van der Waals surface area contributed by atoms with E-state index >= 15 is 0 Å². The third-order valence-electron chi connectivity index (χ3n) is 5.38. The van der Waals surface area contributed by atoms with E-state index in [1.807, 2.05) is 4.90 Å². The number of carbonyl (C=O) groups excluding carboxylic acids is 2. The van der Waals surface area contributed by atoms with Gasteiger partial charge in [-0.2, -0.15) is 0 Å². The molecule has 8 nitrogen and oxygen atoms in total. The summed E-state index contributed by atoms with van der Waals surface area (Å²) in [6, 6.07) is 4.16. The summed E-state index contributed by atoms with van der Waals surface area (Å²) in [5.41, 5.74) is 0.228. The average molecular weight is 430 g/mol. The average Bonchev–Trinajstić information content (AvgIpc) is 2.65. The summed E-state index contributed by atoms with van der Waals surface area (Å²) in [5, 5.41) is 0.0105. The van der Waals surface area contributed by atoms with E-state index < -0.39 is 10.0 Å². The molecule has 0 N–H and O–H groups in total. The molecule has 1 saturated carbocycles. The summed E-state index contributed by atoms with van der Waals surface area (Å²) in [7, 11) is -1.50. The largest absolute Gasteiger partial charge is 0.339 e. The van der Waals surface area contributed by atoms with E-state index in [0.717, 1.165) is 19.3 Å². The highest BCUT2D eigenvalue weighted by molar-refractivity contribution is 7.89.